The second-order valence-corrected chi connectivity index (χ2v) is 7.62. The van der Waals surface area contributed by atoms with Gasteiger partial charge in [-0.1, -0.05) is 12.1 Å². The zero-order valence-electron chi connectivity index (χ0n) is 15.4. The van der Waals surface area contributed by atoms with Crippen LogP contribution in [0.2, 0.25) is 0 Å². The van der Waals surface area contributed by atoms with E-state index < -0.39 is 5.97 Å². The van der Waals surface area contributed by atoms with Crippen LogP contribution in [0.25, 0.3) is 22.0 Å². The number of carboxylic acids is 1. The van der Waals surface area contributed by atoms with Gasteiger partial charge in [-0.15, -0.1) is 0 Å². The summed E-state index contributed by atoms with van der Waals surface area (Å²) in [5, 5.41) is 19.1. The van der Waals surface area contributed by atoms with Crippen molar-refractivity contribution in [2.45, 2.75) is 17.7 Å². The van der Waals surface area contributed by atoms with E-state index in [9.17, 15) is 4.79 Å². The fourth-order valence-electron chi connectivity index (χ4n) is 3.20. The van der Waals surface area contributed by atoms with E-state index in [0.717, 1.165) is 32.5 Å². The fraction of sp³-hybridized carbons (Fsp3) is 0.0870. The number of carbonyl (C=O) groups is 1. The van der Waals surface area contributed by atoms with E-state index in [1.807, 2.05) is 36.7 Å². The van der Waals surface area contributed by atoms with Crippen LogP contribution in [0.5, 0.6) is 0 Å². The van der Waals surface area contributed by atoms with E-state index in [0.29, 0.717) is 12.0 Å². The third-order valence-corrected chi connectivity index (χ3v) is 5.63. The highest BCUT2D eigenvalue weighted by Crippen LogP contribution is 2.33. The van der Waals surface area contributed by atoms with Crippen LogP contribution in [0.3, 0.4) is 0 Å². The van der Waals surface area contributed by atoms with Crippen LogP contribution in [0.15, 0.2) is 78.1 Å². The Labute approximate surface area is 172 Å². The number of nitriles is 1. The van der Waals surface area contributed by atoms with Gasteiger partial charge in [0.05, 0.1) is 17.1 Å². The number of hydrogen-bond acceptors (Lipinski definition) is 4. The summed E-state index contributed by atoms with van der Waals surface area (Å²) < 4.78 is 2.06. The minimum Gasteiger partial charge on any atom is -0.481 e. The molecule has 0 spiro atoms. The molecule has 4 aromatic rings. The minimum atomic E-state index is -0.811. The second kappa shape index (κ2) is 8.21. The van der Waals surface area contributed by atoms with Crippen LogP contribution in [0.4, 0.5) is 0 Å². The average Bonchev–Trinajstić information content (AvgIpc) is 3.10. The summed E-state index contributed by atoms with van der Waals surface area (Å²) in [7, 11) is 0. The highest BCUT2D eigenvalue weighted by atomic mass is 32.2. The summed E-state index contributed by atoms with van der Waals surface area (Å²) in [6, 6.07) is 19.6. The van der Waals surface area contributed by atoms with Gasteiger partial charge in [0.1, 0.15) is 0 Å². The summed E-state index contributed by atoms with van der Waals surface area (Å²) in [6.07, 6.45) is 6.11. The molecule has 2 heterocycles. The van der Waals surface area contributed by atoms with E-state index in [4.69, 9.17) is 10.4 Å². The first-order valence-corrected chi connectivity index (χ1v) is 9.86. The van der Waals surface area contributed by atoms with Crippen molar-refractivity contribution in [2.75, 3.05) is 0 Å². The van der Waals surface area contributed by atoms with Crippen LogP contribution in [0.1, 0.15) is 17.5 Å². The zero-order chi connectivity index (χ0) is 20.2. The van der Waals surface area contributed by atoms with E-state index in [2.05, 4.69) is 33.2 Å². The smallest absolute Gasteiger partial charge is 0.303 e. The lowest BCUT2D eigenvalue weighted by Gasteiger charge is -2.06. The molecule has 5 nitrogen and oxygen atoms in total. The fourth-order valence-corrected chi connectivity index (χ4v) is 4.12. The molecule has 0 fully saturated rings. The predicted octanol–water partition coefficient (Wildman–Crippen LogP) is 5.15. The predicted molar refractivity (Wildman–Crippen MR) is 114 cm³/mol. The highest BCUT2D eigenvalue weighted by Gasteiger charge is 2.13. The van der Waals surface area contributed by atoms with Crippen molar-refractivity contribution in [3.8, 4) is 17.2 Å². The third kappa shape index (κ3) is 4.15. The van der Waals surface area contributed by atoms with Crippen LogP contribution in [-0.4, -0.2) is 20.0 Å². The molecule has 0 aliphatic carbocycles. The number of hydrogen-bond donors (Lipinski definition) is 1. The normalized spacial score (nSPS) is 10.7. The first-order valence-electron chi connectivity index (χ1n) is 9.09. The molecule has 0 atom stereocenters. The Morgan fingerprint density at radius 1 is 1.14 bits per heavy atom. The monoisotopic (exact) mass is 399 g/mol. The molecule has 0 radical (unpaired) electrons. The van der Waals surface area contributed by atoms with E-state index >= 15 is 0 Å². The van der Waals surface area contributed by atoms with Crippen molar-refractivity contribution in [3.05, 3.63) is 84.3 Å². The number of aliphatic carboxylic acids is 1. The zero-order valence-corrected chi connectivity index (χ0v) is 16.3. The number of aryl methyl sites for hydroxylation is 1. The van der Waals surface area contributed by atoms with E-state index in [-0.39, 0.29) is 6.42 Å². The van der Waals surface area contributed by atoms with Crippen molar-refractivity contribution in [1.82, 2.24) is 8.96 Å². The Kier molecular flexibility index (Phi) is 5.32. The van der Waals surface area contributed by atoms with Crippen LogP contribution < -0.4 is 0 Å². The van der Waals surface area contributed by atoms with Crippen molar-refractivity contribution in [1.29, 1.82) is 5.26 Å². The van der Waals surface area contributed by atoms with Gasteiger partial charge in [0.25, 0.3) is 0 Å². The molecule has 0 saturated heterocycles. The molecule has 0 unspecified atom stereocenters. The van der Waals surface area contributed by atoms with Crippen LogP contribution >= 0.6 is 11.9 Å². The number of nitrogens with zero attached hydrogens (tertiary/aromatic N) is 3. The summed E-state index contributed by atoms with van der Waals surface area (Å²) in [5.41, 5.74) is 4.70. The van der Waals surface area contributed by atoms with Gasteiger partial charge in [0.2, 0.25) is 0 Å². The van der Waals surface area contributed by atoms with Crippen molar-refractivity contribution in [2.24, 2.45) is 0 Å². The number of fused-ring (bicyclic) bond motifs is 1. The molecule has 0 bridgehead atoms. The molecule has 1 N–H and O–H groups in total. The summed E-state index contributed by atoms with van der Waals surface area (Å²) in [5.74, 6) is -0.811. The SMILES string of the molecule is N#Cc1ccc(Sn2cc(CCC(=O)O)c3cc(-c4cccnc4)ccc32)cc1. The average molecular weight is 399 g/mol. The Morgan fingerprint density at radius 3 is 2.66 bits per heavy atom. The quantitative estimate of drug-likeness (QED) is 0.485. The van der Waals surface area contributed by atoms with Gasteiger partial charge >= 0.3 is 5.97 Å². The summed E-state index contributed by atoms with van der Waals surface area (Å²) >= 11 is 1.54. The maximum atomic E-state index is 11.1. The van der Waals surface area contributed by atoms with E-state index in [1.165, 1.54) is 0 Å². The Balaban J connectivity index is 1.75. The number of pyridine rings is 1. The third-order valence-electron chi connectivity index (χ3n) is 4.64. The van der Waals surface area contributed by atoms with Crippen molar-refractivity contribution < 1.29 is 9.90 Å². The number of rotatable bonds is 6. The Hall–Kier alpha value is -3.56. The topological polar surface area (TPSA) is 78.9 Å². The summed E-state index contributed by atoms with van der Waals surface area (Å²) in [4.78, 5) is 16.3. The van der Waals surface area contributed by atoms with Crippen LogP contribution in [0, 0.1) is 11.3 Å². The number of aromatic nitrogens is 2. The maximum Gasteiger partial charge on any atom is 0.303 e. The molecular formula is C23H17N3O2S. The van der Waals surface area contributed by atoms with Gasteiger partial charge < -0.3 is 5.11 Å². The second-order valence-electron chi connectivity index (χ2n) is 6.57. The molecule has 0 aliphatic heterocycles. The standard InChI is InChI=1S/C23H17N3O2S/c24-13-16-3-7-20(8-4-16)29-26-15-19(6-10-23(27)28)21-12-17(5-9-22(21)26)18-2-1-11-25-14-18/h1-5,7-9,11-12,14-15H,6,10H2,(H,27,28). The number of benzene rings is 2. The molecule has 2 aromatic carbocycles. The lowest BCUT2D eigenvalue weighted by molar-refractivity contribution is -0.136. The maximum absolute atomic E-state index is 11.1. The first kappa shape index (κ1) is 18.8. The molecule has 4 rings (SSSR count). The summed E-state index contributed by atoms with van der Waals surface area (Å²) in [6.45, 7) is 0. The molecule has 2 aromatic heterocycles. The molecule has 29 heavy (non-hydrogen) atoms. The molecule has 0 saturated carbocycles. The first-order chi connectivity index (χ1) is 14.1. The molecule has 142 valence electrons. The minimum absolute atomic E-state index is 0.0811. The molecular weight excluding hydrogens is 382 g/mol. The van der Waals surface area contributed by atoms with Gasteiger partial charge in [0, 0.05) is 40.9 Å². The van der Waals surface area contributed by atoms with Crippen LogP contribution in [-0.2, 0) is 11.2 Å². The van der Waals surface area contributed by atoms with Crippen molar-refractivity contribution in [3.63, 3.8) is 0 Å². The lowest BCUT2D eigenvalue weighted by Crippen LogP contribution is -1.96. The molecule has 0 aliphatic rings. The van der Waals surface area contributed by atoms with Crippen molar-refractivity contribution >= 4 is 28.8 Å². The van der Waals surface area contributed by atoms with Gasteiger partial charge in [0.15, 0.2) is 0 Å². The lowest BCUT2D eigenvalue weighted by atomic mass is 10.0. The Bertz CT molecular complexity index is 1210. The van der Waals surface area contributed by atoms with Gasteiger partial charge in [-0.25, -0.2) is 0 Å². The van der Waals surface area contributed by atoms with Gasteiger partial charge in [-0.3, -0.25) is 13.8 Å². The van der Waals surface area contributed by atoms with E-state index in [1.54, 1.807) is 30.3 Å². The van der Waals surface area contributed by atoms with Gasteiger partial charge in [-0.05, 0) is 72.0 Å². The number of carboxylic acid groups (broad SMARTS) is 1. The highest BCUT2D eigenvalue weighted by molar-refractivity contribution is 7.98. The largest absolute Gasteiger partial charge is 0.481 e. The Morgan fingerprint density at radius 2 is 1.97 bits per heavy atom. The molecule has 0 amide bonds. The van der Waals surface area contributed by atoms with Gasteiger partial charge in [-0.2, -0.15) is 5.26 Å². The molecule has 6 heteroatoms.